The van der Waals surface area contributed by atoms with Gasteiger partial charge in [0.2, 0.25) is 0 Å². The fraction of sp³-hybridized carbons (Fsp3) is 0.400. The standard InChI is InChI=1S/C10H14Br2N2/c11-9-2-3-10(12)8(6-9)7-14-5-1-4-13/h2-3,6,14H,1,4-5,7,13H2. The summed E-state index contributed by atoms with van der Waals surface area (Å²) in [5.41, 5.74) is 6.67. The lowest BCUT2D eigenvalue weighted by Gasteiger charge is -2.06. The highest BCUT2D eigenvalue weighted by Gasteiger charge is 1.99. The van der Waals surface area contributed by atoms with E-state index in [-0.39, 0.29) is 0 Å². The summed E-state index contributed by atoms with van der Waals surface area (Å²) in [4.78, 5) is 0. The Morgan fingerprint density at radius 1 is 1.29 bits per heavy atom. The van der Waals surface area contributed by atoms with Gasteiger partial charge in [0.15, 0.2) is 0 Å². The molecule has 0 heterocycles. The molecule has 4 heteroatoms. The molecule has 0 spiro atoms. The van der Waals surface area contributed by atoms with Crippen LogP contribution in [-0.2, 0) is 6.54 Å². The Labute approximate surface area is 102 Å². The molecule has 0 aromatic heterocycles. The van der Waals surface area contributed by atoms with Crippen LogP contribution in [0, 0.1) is 0 Å². The van der Waals surface area contributed by atoms with E-state index in [1.54, 1.807) is 0 Å². The Hall–Kier alpha value is 0.1000. The lowest BCUT2D eigenvalue weighted by atomic mass is 10.2. The zero-order valence-electron chi connectivity index (χ0n) is 7.89. The van der Waals surface area contributed by atoms with Crippen LogP contribution in [0.4, 0.5) is 0 Å². The average molecular weight is 322 g/mol. The third-order valence-corrected chi connectivity index (χ3v) is 3.15. The molecular formula is C10H14Br2N2. The van der Waals surface area contributed by atoms with Gasteiger partial charge in [-0.25, -0.2) is 0 Å². The molecule has 0 aliphatic heterocycles. The van der Waals surface area contributed by atoms with Gasteiger partial charge in [-0.05, 0) is 43.3 Å². The first kappa shape index (κ1) is 12.2. The Kier molecular flexibility index (Phi) is 5.70. The van der Waals surface area contributed by atoms with Crippen molar-refractivity contribution in [3.63, 3.8) is 0 Å². The van der Waals surface area contributed by atoms with Gasteiger partial charge in [-0.3, -0.25) is 0 Å². The molecule has 0 fully saturated rings. The molecule has 2 nitrogen and oxygen atoms in total. The summed E-state index contributed by atoms with van der Waals surface area (Å²) in [7, 11) is 0. The molecule has 0 radical (unpaired) electrons. The van der Waals surface area contributed by atoms with Gasteiger partial charge in [0.25, 0.3) is 0 Å². The van der Waals surface area contributed by atoms with Crippen LogP contribution in [0.2, 0.25) is 0 Å². The molecule has 1 rings (SSSR count). The molecule has 0 atom stereocenters. The topological polar surface area (TPSA) is 38.0 Å². The van der Waals surface area contributed by atoms with Crippen molar-refractivity contribution in [2.45, 2.75) is 13.0 Å². The van der Waals surface area contributed by atoms with E-state index in [9.17, 15) is 0 Å². The largest absolute Gasteiger partial charge is 0.330 e. The van der Waals surface area contributed by atoms with Crippen molar-refractivity contribution in [3.05, 3.63) is 32.7 Å². The predicted molar refractivity (Wildman–Crippen MR) is 67.2 cm³/mol. The molecule has 0 aliphatic rings. The summed E-state index contributed by atoms with van der Waals surface area (Å²) < 4.78 is 2.25. The monoisotopic (exact) mass is 320 g/mol. The van der Waals surface area contributed by atoms with Gasteiger partial charge in [-0.1, -0.05) is 31.9 Å². The maximum absolute atomic E-state index is 5.41. The molecule has 1 aromatic rings. The number of halogens is 2. The third-order valence-electron chi connectivity index (χ3n) is 1.88. The summed E-state index contributed by atoms with van der Waals surface area (Å²) in [5, 5.41) is 3.34. The zero-order chi connectivity index (χ0) is 10.4. The second-order valence-corrected chi connectivity index (χ2v) is 4.82. The first-order chi connectivity index (χ1) is 6.74. The van der Waals surface area contributed by atoms with Gasteiger partial charge in [-0.2, -0.15) is 0 Å². The highest BCUT2D eigenvalue weighted by Crippen LogP contribution is 2.21. The molecular weight excluding hydrogens is 308 g/mol. The summed E-state index contributed by atoms with van der Waals surface area (Å²) in [6, 6.07) is 6.18. The lowest BCUT2D eigenvalue weighted by Crippen LogP contribution is -2.17. The van der Waals surface area contributed by atoms with Crippen molar-refractivity contribution in [2.75, 3.05) is 13.1 Å². The van der Waals surface area contributed by atoms with E-state index in [2.05, 4.69) is 43.2 Å². The summed E-state index contributed by atoms with van der Waals surface area (Å²) in [6.07, 6.45) is 1.02. The van der Waals surface area contributed by atoms with Crippen molar-refractivity contribution in [2.24, 2.45) is 5.73 Å². The van der Waals surface area contributed by atoms with E-state index in [0.717, 1.165) is 35.0 Å². The predicted octanol–water partition coefficient (Wildman–Crippen LogP) is 2.65. The number of rotatable bonds is 5. The maximum atomic E-state index is 5.41. The van der Waals surface area contributed by atoms with Crippen molar-refractivity contribution in [1.29, 1.82) is 0 Å². The minimum Gasteiger partial charge on any atom is -0.330 e. The molecule has 0 saturated heterocycles. The third kappa shape index (κ3) is 4.09. The Morgan fingerprint density at radius 3 is 2.79 bits per heavy atom. The van der Waals surface area contributed by atoms with Gasteiger partial charge in [-0.15, -0.1) is 0 Å². The fourth-order valence-electron chi connectivity index (χ4n) is 1.13. The molecule has 0 aliphatic carbocycles. The van der Waals surface area contributed by atoms with Crippen molar-refractivity contribution >= 4 is 31.9 Å². The average Bonchev–Trinajstić information content (AvgIpc) is 2.18. The highest BCUT2D eigenvalue weighted by atomic mass is 79.9. The maximum Gasteiger partial charge on any atom is 0.0221 e. The summed E-state index contributed by atoms with van der Waals surface area (Å²) in [6.45, 7) is 2.59. The van der Waals surface area contributed by atoms with Gasteiger partial charge in [0, 0.05) is 15.5 Å². The summed E-state index contributed by atoms with van der Waals surface area (Å²) >= 11 is 6.96. The second kappa shape index (κ2) is 6.56. The molecule has 0 saturated carbocycles. The van der Waals surface area contributed by atoms with Gasteiger partial charge in [0.1, 0.15) is 0 Å². The number of benzene rings is 1. The first-order valence-electron chi connectivity index (χ1n) is 4.58. The van der Waals surface area contributed by atoms with Gasteiger partial charge < -0.3 is 11.1 Å². The van der Waals surface area contributed by atoms with Gasteiger partial charge >= 0.3 is 0 Å². The van der Waals surface area contributed by atoms with Crippen molar-refractivity contribution in [3.8, 4) is 0 Å². The summed E-state index contributed by atoms with van der Waals surface area (Å²) in [5.74, 6) is 0. The molecule has 14 heavy (non-hydrogen) atoms. The van der Waals surface area contributed by atoms with Crippen LogP contribution in [0.25, 0.3) is 0 Å². The number of hydrogen-bond donors (Lipinski definition) is 2. The quantitative estimate of drug-likeness (QED) is 0.818. The molecule has 0 amide bonds. The van der Waals surface area contributed by atoms with Crippen LogP contribution in [0.1, 0.15) is 12.0 Å². The van der Waals surface area contributed by atoms with E-state index in [4.69, 9.17) is 5.73 Å². The Bertz CT molecular complexity index is 289. The molecule has 78 valence electrons. The lowest BCUT2D eigenvalue weighted by molar-refractivity contribution is 0.654. The van der Waals surface area contributed by atoms with E-state index < -0.39 is 0 Å². The van der Waals surface area contributed by atoms with Crippen LogP contribution in [0.3, 0.4) is 0 Å². The molecule has 0 unspecified atom stereocenters. The number of nitrogens with two attached hydrogens (primary N) is 1. The smallest absolute Gasteiger partial charge is 0.0221 e. The number of nitrogens with one attached hydrogen (secondary N) is 1. The van der Waals surface area contributed by atoms with Crippen LogP contribution < -0.4 is 11.1 Å². The van der Waals surface area contributed by atoms with Crippen molar-refractivity contribution in [1.82, 2.24) is 5.32 Å². The Balaban J connectivity index is 2.45. The molecule has 1 aromatic carbocycles. The van der Waals surface area contributed by atoms with Crippen molar-refractivity contribution < 1.29 is 0 Å². The molecule has 0 bridgehead atoms. The zero-order valence-corrected chi connectivity index (χ0v) is 11.1. The van der Waals surface area contributed by atoms with Crippen LogP contribution in [0.5, 0.6) is 0 Å². The fourth-order valence-corrected chi connectivity index (χ4v) is 1.92. The van der Waals surface area contributed by atoms with Crippen LogP contribution in [0.15, 0.2) is 27.1 Å². The van der Waals surface area contributed by atoms with Crippen LogP contribution >= 0.6 is 31.9 Å². The minimum absolute atomic E-state index is 0.743. The van der Waals surface area contributed by atoms with E-state index in [1.165, 1.54) is 5.56 Å². The number of hydrogen-bond acceptors (Lipinski definition) is 2. The normalized spacial score (nSPS) is 10.5. The second-order valence-electron chi connectivity index (χ2n) is 3.05. The first-order valence-corrected chi connectivity index (χ1v) is 6.17. The highest BCUT2D eigenvalue weighted by molar-refractivity contribution is 9.11. The Morgan fingerprint density at radius 2 is 2.07 bits per heavy atom. The minimum atomic E-state index is 0.743. The molecule has 3 N–H and O–H groups in total. The SMILES string of the molecule is NCCCNCc1cc(Br)ccc1Br. The van der Waals surface area contributed by atoms with Crippen LogP contribution in [-0.4, -0.2) is 13.1 Å². The van der Waals surface area contributed by atoms with E-state index >= 15 is 0 Å². The van der Waals surface area contributed by atoms with E-state index in [0.29, 0.717) is 0 Å². The van der Waals surface area contributed by atoms with E-state index in [1.807, 2.05) is 12.1 Å². The van der Waals surface area contributed by atoms with Gasteiger partial charge in [0.05, 0.1) is 0 Å².